The van der Waals surface area contributed by atoms with Crippen LogP contribution >= 0.6 is 0 Å². The third kappa shape index (κ3) is 4.15. The smallest absolute Gasteiger partial charge is 0.224 e. The number of aromatic nitrogens is 1. The van der Waals surface area contributed by atoms with Gasteiger partial charge in [0.25, 0.3) is 0 Å². The fourth-order valence-electron chi connectivity index (χ4n) is 2.11. The Hall–Kier alpha value is -1.42. The number of hydrogen-bond acceptors (Lipinski definition) is 3. The van der Waals surface area contributed by atoms with Crippen molar-refractivity contribution in [3.8, 4) is 0 Å². The molecule has 1 atom stereocenters. The fraction of sp³-hybridized carbons (Fsp3) is 0.538. The van der Waals surface area contributed by atoms with Gasteiger partial charge in [-0.3, -0.25) is 9.78 Å². The van der Waals surface area contributed by atoms with Gasteiger partial charge in [-0.25, -0.2) is 0 Å². The van der Waals surface area contributed by atoms with Gasteiger partial charge >= 0.3 is 0 Å². The molecule has 1 saturated heterocycles. The molecule has 92 valence electrons. The summed E-state index contributed by atoms with van der Waals surface area (Å²) in [7, 11) is 0. The Labute approximate surface area is 102 Å². The molecule has 0 saturated carbocycles. The summed E-state index contributed by atoms with van der Waals surface area (Å²) in [5, 5.41) is 6.42. The van der Waals surface area contributed by atoms with Crippen LogP contribution < -0.4 is 10.6 Å². The number of nitrogens with one attached hydrogen (secondary N) is 2. The summed E-state index contributed by atoms with van der Waals surface area (Å²) in [6, 6.07) is 4.06. The maximum Gasteiger partial charge on any atom is 0.224 e. The van der Waals surface area contributed by atoms with Crippen molar-refractivity contribution < 1.29 is 4.79 Å². The monoisotopic (exact) mass is 233 g/mol. The first-order chi connectivity index (χ1) is 8.34. The summed E-state index contributed by atoms with van der Waals surface area (Å²) in [6.45, 7) is 1.95. The minimum absolute atomic E-state index is 0.0895. The SMILES string of the molecule is O=C(Cc1cccnc1)NC1CCCCNC1. The van der Waals surface area contributed by atoms with Gasteiger partial charge in [0.2, 0.25) is 5.91 Å². The number of pyridine rings is 1. The predicted molar refractivity (Wildman–Crippen MR) is 66.6 cm³/mol. The number of nitrogens with zero attached hydrogens (tertiary/aromatic N) is 1. The second-order valence-corrected chi connectivity index (χ2v) is 4.50. The lowest BCUT2D eigenvalue weighted by Crippen LogP contribution is -2.41. The highest BCUT2D eigenvalue weighted by Crippen LogP contribution is 2.05. The highest BCUT2D eigenvalue weighted by molar-refractivity contribution is 5.78. The molecule has 1 fully saturated rings. The molecule has 2 N–H and O–H groups in total. The van der Waals surface area contributed by atoms with Gasteiger partial charge in [0.05, 0.1) is 6.42 Å². The van der Waals surface area contributed by atoms with Crippen molar-refractivity contribution in [2.24, 2.45) is 0 Å². The Balaban J connectivity index is 1.80. The van der Waals surface area contributed by atoms with Crippen LogP contribution in [0.15, 0.2) is 24.5 Å². The molecule has 1 unspecified atom stereocenters. The summed E-state index contributed by atoms with van der Waals surface area (Å²) in [6.07, 6.45) is 7.34. The van der Waals surface area contributed by atoms with Gasteiger partial charge < -0.3 is 10.6 Å². The molecule has 4 nitrogen and oxygen atoms in total. The van der Waals surface area contributed by atoms with Gasteiger partial charge in [-0.2, -0.15) is 0 Å². The van der Waals surface area contributed by atoms with Crippen LogP contribution in [0.5, 0.6) is 0 Å². The van der Waals surface area contributed by atoms with E-state index in [4.69, 9.17) is 0 Å². The molecule has 1 amide bonds. The minimum Gasteiger partial charge on any atom is -0.352 e. The van der Waals surface area contributed by atoms with Crippen LogP contribution in [0, 0.1) is 0 Å². The highest BCUT2D eigenvalue weighted by atomic mass is 16.1. The van der Waals surface area contributed by atoms with Gasteiger partial charge in [-0.1, -0.05) is 12.5 Å². The van der Waals surface area contributed by atoms with Crippen LogP contribution in [0.1, 0.15) is 24.8 Å². The average molecular weight is 233 g/mol. The standard InChI is InChI=1S/C13H19N3O/c17-13(8-11-4-3-7-14-9-11)16-12-5-1-2-6-15-10-12/h3-4,7,9,12,15H,1-2,5-6,8,10H2,(H,16,17). The Morgan fingerprint density at radius 1 is 1.53 bits per heavy atom. The third-order valence-corrected chi connectivity index (χ3v) is 3.00. The normalized spacial score (nSPS) is 20.6. The summed E-state index contributed by atoms with van der Waals surface area (Å²) in [5.74, 6) is 0.0895. The first kappa shape index (κ1) is 12.0. The van der Waals surface area contributed by atoms with E-state index in [0.29, 0.717) is 6.42 Å². The fourth-order valence-corrected chi connectivity index (χ4v) is 2.11. The van der Waals surface area contributed by atoms with Crippen molar-refractivity contribution in [1.82, 2.24) is 15.6 Å². The van der Waals surface area contributed by atoms with Crippen LogP contribution in [0.25, 0.3) is 0 Å². The van der Waals surface area contributed by atoms with E-state index in [2.05, 4.69) is 15.6 Å². The number of carbonyl (C=O) groups is 1. The van der Waals surface area contributed by atoms with Crippen LogP contribution in [0.2, 0.25) is 0 Å². The van der Waals surface area contributed by atoms with Crippen molar-refractivity contribution in [3.63, 3.8) is 0 Å². The zero-order chi connectivity index (χ0) is 11.9. The largest absolute Gasteiger partial charge is 0.352 e. The van der Waals surface area contributed by atoms with E-state index < -0.39 is 0 Å². The molecule has 0 bridgehead atoms. The summed E-state index contributed by atoms with van der Waals surface area (Å²) in [5.41, 5.74) is 0.964. The van der Waals surface area contributed by atoms with Crippen molar-refractivity contribution in [1.29, 1.82) is 0 Å². The molecule has 1 aliphatic heterocycles. The quantitative estimate of drug-likeness (QED) is 0.815. The van der Waals surface area contributed by atoms with E-state index in [1.54, 1.807) is 12.4 Å². The van der Waals surface area contributed by atoms with Gasteiger partial charge in [0, 0.05) is 25.0 Å². The molecule has 4 heteroatoms. The number of carbonyl (C=O) groups excluding carboxylic acids is 1. The Kier molecular flexibility index (Phi) is 4.50. The lowest BCUT2D eigenvalue weighted by molar-refractivity contribution is -0.121. The maximum absolute atomic E-state index is 11.8. The Morgan fingerprint density at radius 3 is 3.29 bits per heavy atom. The van der Waals surface area contributed by atoms with Crippen LogP contribution in [-0.4, -0.2) is 30.0 Å². The number of amides is 1. The first-order valence-corrected chi connectivity index (χ1v) is 6.23. The summed E-state index contributed by atoms with van der Waals surface area (Å²) in [4.78, 5) is 15.8. The molecule has 0 radical (unpaired) electrons. The van der Waals surface area contributed by atoms with Gasteiger partial charge in [0.15, 0.2) is 0 Å². The highest BCUT2D eigenvalue weighted by Gasteiger charge is 2.14. The molecule has 2 rings (SSSR count). The Bertz CT molecular complexity index is 345. The zero-order valence-electron chi connectivity index (χ0n) is 9.98. The topological polar surface area (TPSA) is 54.0 Å². The van der Waals surface area contributed by atoms with Crippen molar-refractivity contribution in [2.45, 2.75) is 31.7 Å². The molecule has 2 heterocycles. The second-order valence-electron chi connectivity index (χ2n) is 4.50. The molecular formula is C13H19N3O. The van der Waals surface area contributed by atoms with E-state index in [1.807, 2.05) is 12.1 Å². The molecule has 17 heavy (non-hydrogen) atoms. The third-order valence-electron chi connectivity index (χ3n) is 3.00. The Morgan fingerprint density at radius 2 is 2.47 bits per heavy atom. The van der Waals surface area contributed by atoms with Gasteiger partial charge in [-0.05, 0) is 31.0 Å². The van der Waals surface area contributed by atoms with Crippen molar-refractivity contribution in [2.75, 3.05) is 13.1 Å². The molecule has 0 aromatic carbocycles. The molecule has 0 spiro atoms. The van der Waals surface area contributed by atoms with Crippen molar-refractivity contribution in [3.05, 3.63) is 30.1 Å². The lowest BCUT2D eigenvalue weighted by Gasteiger charge is -2.16. The molecule has 1 aromatic rings. The number of hydrogen-bond donors (Lipinski definition) is 2. The lowest BCUT2D eigenvalue weighted by atomic mass is 10.1. The second kappa shape index (κ2) is 6.35. The van der Waals surface area contributed by atoms with Crippen LogP contribution in [0.4, 0.5) is 0 Å². The van der Waals surface area contributed by atoms with E-state index in [-0.39, 0.29) is 11.9 Å². The van der Waals surface area contributed by atoms with Crippen LogP contribution in [-0.2, 0) is 11.2 Å². The van der Waals surface area contributed by atoms with Gasteiger partial charge in [-0.15, -0.1) is 0 Å². The van der Waals surface area contributed by atoms with E-state index in [9.17, 15) is 4.79 Å². The van der Waals surface area contributed by atoms with Gasteiger partial charge in [0.1, 0.15) is 0 Å². The van der Waals surface area contributed by atoms with E-state index >= 15 is 0 Å². The molecule has 0 aliphatic carbocycles. The summed E-state index contributed by atoms with van der Waals surface area (Å²) < 4.78 is 0. The first-order valence-electron chi connectivity index (χ1n) is 6.23. The zero-order valence-corrected chi connectivity index (χ0v) is 9.98. The predicted octanol–water partition coefficient (Wildman–Crippen LogP) is 0.882. The molecule has 1 aliphatic rings. The number of rotatable bonds is 3. The van der Waals surface area contributed by atoms with Crippen molar-refractivity contribution >= 4 is 5.91 Å². The summed E-state index contributed by atoms with van der Waals surface area (Å²) >= 11 is 0. The van der Waals surface area contributed by atoms with E-state index in [0.717, 1.165) is 25.1 Å². The molecular weight excluding hydrogens is 214 g/mol. The van der Waals surface area contributed by atoms with Crippen LogP contribution in [0.3, 0.4) is 0 Å². The minimum atomic E-state index is 0.0895. The maximum atomic E-state index is 11.8. The molecule has 1 aromatic heterocycles. The average Bonchev–Trinajstić information content (AvgIpc) is 2.59. The van der Waals surface area contributed by atoms with E-state index in [1.165, 1.54) is 12.8 Å².